The maximum absolute atomic E-state index is 12.4. The number of hydrogen-bond acceptors (Lipinski definition) is 2. The highest BCUT2D eigenvalue weighted by Crippen LogP contribution is 2.37. The fourth-order valence-electron chi connectivity index (χ4n) is 3.28. The molecule has 4 heteroatoms. The van der Waals surface area contributed by atoms with Gasteiger partial charge in [0.1, 0.15) is 0 Å². The summed E-state index contributed by atoms with van der Waals surface area (Å²) < 4.78 is 0. The van der Waals surface area contributed by atoms with Crippen molar-refractivity contribution < 1.29 is 9.63 Å². The van der Waals surface area contributed by atoms with Crippen molar-refractivity contribution in [3.05, 3.63) is 60.2 Å². The monoisotopic (exact) mass is 387 g/mol. The Balaban J connectivity index is 1.88. The first-order valence-corrected chi connectivity index (χ1v) is 9.62. The molecule has 2 aromatic rings. The minimum absolute atomic E-state index is 0.125. The van der Waals surface area contributed by atoms with Crippen LogP contribution in [0.25, 0.3) is 0 Å². The average molecular weight is 388 g/mol. The van der Waals surface area contributed by atoms with E-state index in [0.717, 1.165) is 11.4 Å². The van der Waals surface area contributed by atoms with Crippen LogP contribution in [0.15, 0.2) is 54.6 Å². The van der Waals surface area contributed by atoms with Gasteiger partial charge in [0.15, 0.2) is 5.75 Å². The lowest BCUT2D eigenvalue weighted by molar-refractivity contribution is -0.120. The molecule has 1 aliphatic carbocycles. The van der Waals surface area contributed by atoms with Gasteiger partial charge >= 0.3 is 0 Å². The predicted molar refractivity (Wildman–Crippen MR) is 101 cm³/mol. The predicted octanol–water partition coefficient (Wildman–Crippen LogP) is 5.46. The minimum Gasteiger partial charge on any atom is -0.372 e. The molecule has 1 fully saturated rings. The Labute approximate surface area is 151 Å². The zero-order valence-electron chi connectivity index (χ0n) is 13.7. The molecule has 0 heterocycles. The van der Waals surface area contributed by atoms with E-state index in [1.54, 1.807) is 0 Å². The Kier molecular flexibility index (Phi) is 5.91. The van der Waals surface area contributed by atoms with Crippen molar-refractivity contribution in [2.75, 3.05) is 10.4 Å². The van der Waals surface area contributed by atoms with Gasteiger partial charge in [-0.3, -0.25) is 4.79 Å². The van der Waals surface area contributed by atoms with Crippen molar-refractivity contribution in [1.82, 2.24) is 0 Å². The molecule has 0 aliphatic heterocycles. The Hall–Kier alpha value is -1.81. The van der Waals surface area contributed by atoms with Crippen LogP contribution in [0.1, 0.15) is 43.6 Å². The number of amides is 1. The summed E-state index contributed by atoms with van der Waals surface area (Å²) in [6.07, 6.45) is 6.23. The number of halogens is 1. The van der Waals surface area contributed by atoms with Gasteiger partial charge in [-0.25, -0.2) is 0 Å². The van der Waals surface area contributed by atoms with Crippen molar-refractivity contribution in [3.63, 3.8) is 0 Å². The summed E-state index contributed by atoms with van der Waals surface area (Å²) in [7, 11) is 0. The van der Waals surface area contributed by atoms with Crippen molar-refractivity contribution in [3.8, 4) is 5.75 Å². The lowest BCUT2D eigenvalue weighted by Gasteiger charge is -2.27. The van der Waals surface area contributed by atoms with E-state index in [-0.39, 0.29) is 11.2 Å². The van der Waals surface area contributed by atoms with Gasteiger partial charge in [0.05, 0.1) is 11.0 Å². The molecule has 1 aliphatic rings. The summed E-state index contributed by atoms with van der Waals surface area (Å²) >= 11 is 3.25. The third kappa shape index (κ3) is 3.99. The summed E-state index contributed by atoms with van der Waals surface area (Å²) in [5.74, 6) is 1.17. The van der Waals surface area contributed by atoms with E-state index < -0.39 is 0 Å². The molecule has 126 valence electrons. The largest absolute Gasteiger partial charge is 0.372 e. The van der Waals surface area contributed by atoms with Crippen LogP contribution >= 0.6 is 15.9 Å². The normalized spacial score (nSPS) is 15.0. The molecule has 0 N–H and O–H groups in total. The van der Waals surface area contributed by atoms with Gasteiger partial charge in [-0.1, -0.05) is 71.6 Å². The third-order valence-electron chi connectivity index (χ3n) is 4.49. The number of alkyl halides is 1. The SMILES string of the molecule is O=C(CBr)N(Oc1ccccc1C1CCCCC1)c1ccccc1. The highest BCUT2D eigenvalue weighted by molar-refractivity contribution is 9.09. The fraction of sp³-hybridized carbons (Fsp3) is 0.350. The van der Waals surface area contributed by atoms with Crippen LogP contribution in [0.5, 0.6) is 5.75 Å². The Morgan fingerprint density at radius 3 is 2.38 bits per heavy atom. The van der Waals surface area contributed by atoms with E-state index in [4.69, 9.17) is 4.84 Å². The number of rotatable bonds is 5. The molecular formula is C20H22BrNO2. The van der Waals surface area contributed by atoms with E-state index >= 15 is 0 Å². The third-order valence-corrected chi connectivity index (χ3v) is 4.96. The molecule has 3 nitrogen and oxygen atoms in total. The van der Waals surface area contributed by atoms with Gasteiger partial charge in [-0.15, -0.1) is 5.06 Å². The second kappa shape index (κ2) is 8.34. The lowest BCUT2D eigenvalue weighted by Crippen LogP contribution is -2.35. The molecule has 0 bridgehead atoms. The van der Waals surface area contributed by atoms with Gasteiger partial charge in [0.2, 0.25) is 0 Å². The minimum atomic E-state index is -0.125. The van der Waals surface area contributed by atoms with Crippen LogP contribution in [0.4, 0.5) is 5.69 Å². The summed E-state index contributed by atoms with van der Waals surface area (Å²) in [6, 6.07) is 17.6. The summed E-state index contributed by atoms with van der Waals surface area (Å²) in [5, 5.41) is 1.60. The topological polar surface area (TPSA) is 29.5 Å². The van der Waals surface area contributed by atoms with Crippen molar-refractivity contribution in [2.45, 2.75) is 38.0 Å². The number of carbonyl (C=O) groups is 1. The van der Waals surface area contributed by atoms with E-state index in [1.807, 2.05) is 42.5 Å². The van der Waals surface area contributed by atoms with Crippen LogP contribution < -0.4 is 9.90 Å². The molecule has 3 rings (SSSR count). The zero-order chi connectivity index (χ0) is 16.8. The van der Waals surface area contributed by atoms with Crippen molar-refractivity contribution in [1.29, 1.82) is 0 Å². The molecule has 0 atom stereocenters. The first kappa shape index (κ1) is 17.0. The Bertz CT molecular complexity index is 668. The van der Waals surface area contributed by atoms with Crippen LogP contribution in [-0.4, -0.2) is 11.2 Å². The highest BCUT2D eigenvalue weighted by Gasteiger charge is 2.22. The highest BCUT2D eigenvalue weighted by atomic mass is 79.9. The second-order valence-corrected chi connectivity index (χ2v) is 6.68. The molecular weight excluding hydrogens is 366 g/mol. The zero-order valence-corrected chi connectivity index (χ0v) is 15.2. The van der Waals surface area contributed by atoms with Crippen LogP contribution in [0, 0.1) is 0 Å². The molecule has 24 heavy (non-hydrogen) atoms. The Morgan fingerprint density at radius 1 is 1.00 bits per heavy atom. The number of anilines is 1. The summed E-state index contributed by atoms with van der Waals surface area (Å²) in [6.45, 7) is 0. The number of hydroxylamine groups is 1. The number of benzene rings is 2. The molecule has 0 radical (unpaired) electrons. The average Bonchev–Trinajstić information content (AvgIpc) is 2.67. The molecule has 0 aromatic heterocycles. The van der Waals surface area contributed by atoms with Crippen LogP contribution in [-0.2, 0) is 4.79 Å². The first-order chi connectivity index (χ1) is 11.8. The smallest absolute Gasteiger partial charge is 0.270 e. The van der Waals surface area contributed by atoms with E-state index in [2.05, 4.69) is 28.1 Å². The number of hydrogen-bond donors (Lipinski definition) is 0. The van der Waals surface area contributed by atoms with Gasteiger partial charge in [0.25, 0.3) is 5.91 Å². The van der Waals surface area contributed by atoms with Gasteiger partial charge in [-0.05, 0) is 37.0 Å². The number of nitrogens with zero attached hydrogens (tertiary/aromatic N) is 1. The van der Waals surface area contributed by atoms with E-state index in [1.165, 1.54) is 42.7 Å². The van der Waals surface area contributed by atoms with E-state index in [0.29, 0.717) is 5.92 Å². The Morgan fingerprint density at radius 2 is 1.67 bits per heavy atom. The van der Waals surface area contributed by atoms with Gasteiger partial charge < -0.3 is 4.84 Å². The first-order valence-electron chi connectivity index (χ1n) is 8.50. The second-order valence-electron chi connectivity index (χ2n) is 6.12. The molecule has 1 saturated carbocycles. The fourth-order valence-corrected chi connectivity index (χ4v) is 3.51. The quantitative estimate of drug-likeness (QED) is 0.503. The van der Waals surface area contributed by atoms with Gasteiger partial charge in [-0.2, -0.15) is 0 Å². The van der Waals surface area contributed by atoms with Crippen LogP contribution in [0.2, 0.25) is 0 Å². The van der Waals surface area contributed by atoms with E-state index in [9.17, 15) is 4.79 Å². The maximum atomic E-state index is 12.4. The van der Waals surface area contributed by atoms with Crippen molar-refractivity contribution in [2.24, 2.45) is 0 Å². The maximum Gasteiger partial charge on any atom is 0.270 e. The summed E-state index contributed by atoms with van der Waals surface area (Å²) in [4.78, 5) is 18.4. The van der Waals surface area contributed by atoms with Crippen LogP contribution in [0.3, 0.4) is 0 Å². The standard InChI is InChI=1S/C20H22BrNO2/c21-15-20(23)22(17-11-5-2-6-12-17)24-19-14-8-7-13-18(19)16-9-3-1-4-10-16/h2,5-8,11-14,16H,1,3-4,9-10,15H2. The summed E-state index contributed by atoms with van der Waals surface area (Å²) in [5.41, 5.74) is 1.95. The molecule has 1 amide bonds. The molecule has 2 aromatic carbocycles. The molecule has 0 saturated heterocycles. The number of para-hydroxylation sites is 2. The van der Waals surface area contributed by atoms with Crippen molar-refractivity contribution >= 4 is 27.5 Å². The van der Waals surface area contributed by atoms with Gasteiger partial charge in [0, 0.05) is 5.56 Å². The molecule has 0 unspecified atom stereocenters. The lowest BCUT2D eigenvalue weighted by atomic mass is 9.84. The number of carbonyl (C=O) groups excluding carboxylic acids is 1. The molecule has 0 spiro atoms.